The van der Waals surface area contributed by atoms with E-state index in [1.54, 1.807) is 25.7 Å². The third-order valence-electron chi connectivity index (χ3n) is 7.64. The summed E-state index contributed by atoms with van der Waals surface area (Å²) in [5, 5.41) is 7.76. The first kappa shape index (κ1) is 35.1. The van der Waals surface area contributed by atoms with E-state index in [-0.39, 0.29) is 93.2 Å². The van der Waals surface area contributed by atoms with Crippen LogP contribution in [0.2, 0.25) is 0 Å². The predicted molar refractivity (Wildman–Crippen MR) is 155 cm³/mol. The van der Waals surface area contributed by atoms with E-state index in [9.17, 15) is 39.6 Å². The van der Waals surface area contributed by atoms with E-state index in [2.05, 4.69) is 16.0 Å². The van der Waals surface area contributed by atoms with E-state index in [1.807, 2.05) is 0 Å². The fourth-order valence-electron chi connectivity index (χ4n) is 5.31. The molecule has 3 aliphatic heterocycles. The molecular weight excluding hydrogens is 632 g/mol. The molecule has 0 bridgehead atoms. The first-order valence-corrected chi connectivity index (χ1v) is 19.4. The van der Waals surface area contributed by atoms with Gasteiger partial charge in [0.15, 0.2) is 29.5 Å². The van der Waals surface area contributed by atoms with Crippen LogP contribution in [-0.4, -0.2) is 139 Å². The Balaban J connectivity index is 1.47. The summed E-state index contributed by atoms with van der Waals surface area (Å²) < 4.78 is 86.4. The topological polar surface area (TPSA) is 221 Å². The first-order valence-electron chi connectivity index (χ1n) is 13.9. The lowest BCUT2D eigenvalue weighted by molar-refractivity contribution is 0.0846. The highest BCUT2D eigenvalue weighted by Crippen LogP contribution is 2.24. The van der Waals surface area contributed by atoms with Gasteiger partial charge >= 0.3 is 18.3 Å². The third-order valence-corrected chi connectivity index (χ3v) is 13.4. The highest BCUT2D eigenvalue weighted by atomic mass is 32.2. The number of rotatable bonds is 12. The summed E-state index contributed by atoms with van der Waals surface area (Å²) in [6.07, 6.45) is -1.55. The van der Waals surface area contributed by atoms with Crippen molar-refractivity contribution in [1.29, 1.82) is 0 Å². The van der Waals surface area contributed by atoms with E-state index in [0.29, 0.717) is 0 Å². The molecular formula is C24H42N4O12S3. The van der Waals surface area contributed by atoms with Crippen molar-refractivity contribution in [3.8, 4) is 0 Å². The standard InChI is InChI=1S/C24H42N4O12S3/c1-22(4-13-41(32,33)16-22)25-19(29)38-10-7-28(8-11-39-20(30)26-23(2)5-14-42(34,35)17-23)9-12-40-21(31)27-24(3)6-15-43(36,37)18-24/h4-18H2,1-3H3,(H,25,29)(H,26,30)(H,27,31). The molecule has 0 aliphatic carbocycles. The molecule has 0 radical (unpaired) electrons. The molecule has 3 heterocycles. The van der Waals surface area contributed by atoms with Gasteiger partial charge in [-0.05, 0) is 40.0 Å². The summed E-state index contributed by atoms with van der Waals surface area (Å²) in [4.78, 5) is 38.6. The summed E-state index contributed by atoms with van der Waals surface area (Å²) in [5.41, 5.74) is -2.78. The number of alkyl carbamates (subject to hydrolysis) is 3. The number of hydrogen-bond acceptors (Lipinski definition) is 13. The molecule has 3 saturated heterocycles. The van der Waals surface area contributed by atoms with Crippen LogP contribution >= 0.6 is 0 Å². The second-order valence-corrected chi connectivity index (χ2v) is 18.9. The van der Waals surface area contributed by atoms with Crippen molar-refractivity contribution in [3.63, 3.8) is 0 Å². The molecule has 0 aromatic rings. The van der Waals surface area contributed by atoms with Crippen molar-refractivity contribution in [3.05, 3.63) is 0 Å². The number of ether oxygens (including phenoxy) is 3. The lowest BCUT2D eigenvalue weighted by Gasteiger charge is -2.26. The van der Waals surface area contributed by atoms with Crippen LogP contribution in [0.1, 0.15) is 40.0 Å². The maximum absolute atomic E-state index is 12.3. The monoisotopic (exact) mass is 674 g/mol. The summed E-state index contributed by atoms with van der Waals surface area (Å²) in [5.74, 6) is -0.629. The minimum Gasteiger partial charge on any atom is -0.448 e. The van der Waals surface area contributed by atoms with Gasteiger partial charge in [0, 0.05) is 19.6 Å². The number of carbonyl (C=O) groups is 3. The molecule has 0 aromatic carbocycles. The first-order chi connectivity index (χ1) is 19.7. The van der Waals surface area contributed by atoms with Crippen LogP contribution in [0.5, 0.6) is 0 Å². The van der Waals surface area contributed by atoms with Crippen molar-refractivity contribution in [2.24, 2.45) is 0 Å². The quantitative estimate of drug-likeness (QED) is 0.216. The fraction of sp³-hybridized carbons (Fsp3) is 0.875. The van der Waals surface area contributed by atoms with Crippen molar-refractivity contribution in [1.82, 2.24) is 20.9 Å². The van der Waals surface area contributed by atoms with Crippen LogP contribution in [0.15, 0.2) is 0 Å². The lowest BCUT2D eigenvalue weighted by atomic mass is 10.0. The van der Waals surface area contributed by atoms with Crippen LogP contribution in [-0.2, 0) is 43.7 Å². The Morgan fingerprint density at radius 2 is 0.814 bits per heavy atom. The van der Waals surface area contributed by atoms with E-state index in [1.165, 1.54) is 0 Å². The Morgan fingerprint density at radius 3 is 1.02 bits per heavy atom. The van der Waals surface area contributed by atoms with Crippen LogP contribution in [0.3, 0.4) is 0 Å². The molecule has 0 saturated carbocycles. The fourth-order valence-corrected chi connectivity index (χ4v) is 11.6. The summed E-state index contributed by atoms with van der Waals surface area (Å²) in [6.45, 7) is 4.96. The Bertz CT molecular complexity index is 1220. The van der Waals surface area contributed by atoms with Gasteiger partial charge in [-0.25, -0.2) is 39.6 Å². The lowest BCUT2D eigenvalue weighted by Crippen LogP contribution is -2.48. The molecule has 3 N–H and O–H groups in total. The van der Waals surface area contributed by atoms with E-state index < -0.39 is 64.4 Å². The third kappa shape index (κ3) is 11.6. The Morgan fingerprint density at radius 1 is 0.558 bits per heavy atom. The molecule has 3 fully saturated rings. The molecule has 248 valence electrons. The molecule has 3 unspecified atom stereocenters. The zero-order valence-electron chi connectivity index (χ0n) is 24.7. The van der Waals surface area contributed by atoms with E-state index in [4.69, 9.17) is 14.2 Å². The molecule has 3 rings (SSSR count). The number of nitrogens with zero attached hydrogens (tertiary/aromatic N) is 1. The second-order valence-electron chi connectivity index (χ2n) is 12.3. The normalized spacial score (nSPS) is 30.4. The summed E-state index contributed by atoms with van der Waals surface area (Å²) in [7, 11) is -9.70. The number of nitrogens with one attached hydrogen (secondary N) is 3. The van der Waals surface area contributed by atoms with E-state index in [0.717, 1.165) is 0 Å². The van der Waals surface area contributed by atoms with Crippen LogP contribution < -0.4 is 16.0 Å². The van der Waals surface area contributed by atoms with Crippen molar-refractivity contribution >= 4 is 47.8 Å². The van der Waals surface area contributed by atoms with Gasteiger partial charge in [0.05, 0.1) is 51.1 Å². The SMILES string of the molecule is CC1(NC(=O)OCCN(CCOC(=O)NC2(C)CCS(=O)(=O)C2)CCOC(=O)NC2(C)CCS(=O)(=O)C2)CCS(=O)(=O)C1. The molecule has 3 atom stereocenters. The average molecular weight is 675 g/mol. The van der Waals surface area contributed by atoms with Gasteiger partial charge < -0.3 is 30.2 Å². The predicted octanol–water partition coefficient (Wildman–Crippen LogP) is -0.801. The van der Waals surface area contributed by atoms with Gasteiger partial charge in [-0.1, -0.05) is 0 Å². The van der Waals surface area contributed by atoms with Crippen molar-refractivity contribution in [2.75, 3.05) is 74.0 Å². The van der Waals surface area contributed by atoms with Crippen molar-refractivity contribution in [2.45, 2.75) is 56.7 Å². The Labute approximate surface area is 252 Å². The Hall–Kier alpha value is -2.38. The average Bonchev–Trinajstić information content (AvgIpc) is 3.39. The zero-order valence-corrected chi connectivity index (χ0v) is 27.1. The van der Waals surface area contributed by atoms with E-state index >= 15 is 0 Å². The van der Waals surface area contributed by atoms with Gasteiger partial charge in [0.1, 0.15) is 19.8 Å². The molecule has 0 spiro atoms. The summed E-state index contributed by atoms with van der Waals surface area (Å²) >= 11 is 0. The highest BCUT2D eigenvalue weighted by Gasteiger charge is 2.41. The summed E-state index contributed by atoms with van der Waals surface area (Å²) in [6, 6.07) is 0. The van der Waals surface area contributed by atoms with Gasteiger partial charge in [-0.3, -0.25) is 4.90 Å². The van der Waals surface area contributed by atoms with Crippen LogP contribution in [0.4, 0.5) is 14.4 Å². The van der Waals surface area contributed by atoms with Gasteiger partial charge in [-0.2, -0.15) is 0 Å². The smallest absolute Gasteiger partial charge is 0.407 e. The minimum atomic E-state index is -3.23. The maximum Gasteiger partial charge on any atom is 0.407 e. The number of carbonyl (C=O) groups excluding carboxylic acids is 3. The van der Waals surface area contributed by atoms with Gasteiger partial charge in [0.2, 0.25) is 0 Å². The van der Waals surface area contributed by atoms with Crippen LogP contribution in [0, 0.1) is 0 Å². The molecule has 3 aliphatic rings. The number of hydrogen-bond donors (Lipinski definition) is 3. The van der Waals surface area contributed by atoms with Gasteiger partial charge in [-0.15, -0.1) is 0 Å². The number of amides is 3. The second kappa shape index (κ2) is 13.3. The zero-order chi connectivity index (χ0) is 32.2. The minimum absolute atomic E-state index is 0.0252. The van der Waals surface area contributed by atoms with Gasteiger partial charge in [0.25, 0.3) is 0 Å². The molecule has 0 aromatic heterocycles. The van der Waals surface area contributed by atoms with Crippen LogP contribution in [0.25, 0.3) is 0 Å². The molecule has 16 nitrogen and oxygen atoms in total. The Kier molecular flexibility index (Phi) is 10.9. The van der Waals surface area contributed by atoms with Crippen molar-refractivity contribution < 1.29 is 53.8 Å². The number of sulfone groups is 3. The largest absolute Gasteiger partial charge is 0.448 e. The molecule has 3 amide bonds. The maximum atomic E-state index is 12.3. The molecule has 43 heavy (non-hydrogen) atoms. The highest BCUT2D eigenvalue weighted by molar-refractivity contribution is 7.92. The molecule has 19 heteroatoms.